The molecule has 0 aliphatic carbocycles. The molecule has 0 saturated carbocycles. The van der Waals surface area contributed by atoms with E-state index in [0.29, 0.717) is 36.7 Å². The standard InChI is InChI=1S/C24H28FN3O3S2/c1-14-15(2)33-23-21(14)22(29)26-20(27-23)13-32-16(3)24(30)28(12-19-8-5-9-31-19)11-17-6-4-7-18(25)10-17/h4,6-7,10,16,19H,5,8-9,11-13H2,1-3H3,(H,26,27,29). The Labute approximate surface area is 200 Å². The lowest BCUT2D eigenvalue weighted by atomic mass is 10.1. The molecule has 9 heteroatoms. The summed E-state index contributed by atoms with van der Waals surface area (Å²) in [7, 11) is 0. The summed E-state index contributed by atoms with van der Waals surface area (Å²) in [5.41, 5.74) is 1.58. The van der Waals surface area contributed by atoms with E-state index in [-0.39, 0.29) is 28.6 Å². The minimum absolute atomic E-state index is 0.00504. The van der Waals surface area contributed by atoms with Crippen LogP contribution in [0.3, 0.4) is 0 Å². The zero-order valence-corrected chi connectivity index (χ0v) is 20.7. The van der Waals surface area contributed by atoms with Crippen LogP contribution in [0.1, 0.15) is 41.6 Å². The number of aryl methyl sites for hydroxylation is 2. The van der Waals surface area contributed by atoms with Crippen molar-refractivity contribution in [2.45, 2.75) is 57.3 Å². The van der Waals surface area contributed by atoms with Crippen LogP contribution >= 0.6 is 23.1 Å². The second kappa shape index (κ2) is 10.4. The molecular weight excluding hydrogens is 461 g/mol. The first kappa shape index (κ1) is 23.9. The molecule has 3 aromatic rings. The molecule has 0 radical (unpaired) electrons. The van der Waals surface area contributed by atoms with Crippen LogP contribution in [0.25, 0.3) is 10.2 Å². The second-order valence-corrected chi connectivity index (χ2v) is 10.9. The Kier molecular flexibility index (Phi) is 7.51. The molecule has 1 aliphatic rings. The number of thioether (sulfide) groups is 1. The summed E-state index contributed by atoms with van der Waals surface area (Å²) in [4.78, 5) is 36.9. The maximum absolute atomic E-state index is 13.7. The Bertz CT molecular complexity index is 1200. The number of aromatic amines is 1. The third-order valence-corrected chi connectivity index (χ3v) is 8.17. The number of carbonyl (C=O) groups excluding carboxylic acids is 1. The van der Waals surface area contributed by atoms with Gasteiger partial charge in [0.25, 0.3) is 5.56 Å². The Hall–Kier alpha value is -2.23. The maximum atomic E-state index is 13.7. The van der Waals surface area contributed by atoms with E-state index < -0.39 is 0 Å². The van der Waals surface area contributed by atoms with Crippen molar-refractivity contribution in [3.63, 3.8) is 0 Å². The molecule has 176 valence electrons. The van der Waals surface area contributed by atoms with Crippen molar-refractivity contribution in [1.82, 2.24) is 14.9 Å². The molecule has 2 atom stereocenters. The first-order valence-electron chi connectivity index (χ1n) is 11.1. The molecule has 4 rings (SSSR count). The number of amides is 1. The quantitative estimate of drug-likeness (QED) is 0.502. The number of aromatic nitrogens is 2. The number of halogens is 1. The predicted molar refractivity (Wildman–Crippen MR) is 131 cm³/mol. The number of hydrogen-bond donors (Lipinski definition) is 1. The highest BCUT2D eigenvalue weighted by Gasteiger charge is 2.26. The van der Waals surface area contributed by atoms with Gasteiger partial charge in [0.05, 0.1) is 22.5 Å². The van der Waals surface area contributed by atoms with Gasteiger partial charge in [0, 0.05) is 24.6 Å². The van der Waals surface area contributed by atoms with Crippen molar-refractivity contribution in [3.8, 4) is 0 Å². The van der Waals surface area contributed by atoms with Crippen LogP contribution in [-0.4, -0.2) is 45.3 Å². The molecule has 1 N–H and O–H groups in total. The van der Waals surface area contributed by atoms with Gasteiger partial charge in [-0.1, -0.05) is 12.1 Å². The number of benzene rings is 1. The van der Waals surface area contributed by atoms with Gasteiger partial charge in [0.15, 0.2) is 0 Å². The summed E-state index contributed by atoms with van der Waals surface area (Å²) in [6.45, 7) is 7.29. The Morgan fingerprint density at radius 2 is 2.24 bits per heavy atom. The van der Waals surface area contributed by atoms with E-state index >= 15 is 0 Å². The zero-order valence-electron chi connectivity index (χ0n) is 19.0. The third-order valence-electron chi connectivity index (χ3n) is 5.93. The van der Waals surface area contributed by atoms with E-state index in [4.69, 9.17) is 4.74 Å². The van der Waals surface area contributed by atoms with Gasteiger partial charge in [-0.05, 0) is 56.9 Å². The average molecular weight is 490 g/mol. The molecule has 1 aromatic carbocycles. The van der Waals surface area contributed by atoms with Crippen LogP contribution in [0.5, 0.6) is 0 Å². The summed E-state index contributed by atoms with van der Waals surface area (Å²) in [6, 6.07) is 6.34. The number of H-pyrrole nitrogens is 1. The number of carbonyl (C=O) groups is 1. The lowest BCUT2D eigenvalue weighted by Crippen LogP contribution is -2.41. The highest BCUT2D eigenvalue weighted by molar-refractivity contribution is 7.99. The highest BCUT2D eigenvalue weighted by atomic mass is 32.2. The van der Waals surface area contributed by atoms with E-state index in [1.54, 1.807) is 11.0 Å². The minimum Gasteiger partial charge on any atom is -0.376 e. The molecule has 0 spiro atoms. The molecule has 33 heavy (non-hydrogen) atoms. The first-order chi connectivity index (χ1) is 15.8. The number of ether oxygens (including phenoxy) is 1. The van der Waals surface area contributed by atoms with Crippen molar-refractivity contribution in [2.24, 2.45) is 0 Å². The summed E-state index contributed by atoms with van der Waals surface area (Å²) in [5.74, 6) is 0.631. The van der Waals surface area contributed by atoms with E-state index in [2.05, 4.69) is 9.97 Å². The molecule has 2 aromatic heterocycles. The number of thiophene rings is 1. The lowest BCUT2D eigenvalue weighted by molar-refractivity contribution is -0.132. The van der Waals surface area contributed by atoms with Crippen molar-refractivity contribution in [1.29, 1.82) is 0 Å². The number of rotatable bonds is 8. The van der Waals surface area contributed by atoms with Crippen molar-refractivity contribution < 1.29 is 13.9 Å². The van der Waals surface area contributed by atoms with Gasteiger partial charge in [-0.15, -0.1) is 23.1 Å². The first-order valence-corrected chi connectivity index (χ1v) is 12.9. The Morgan fingerprint density at radius 1 is 1.42 bits per heavy atom. The van der Waals surface area contributed by atoms with Crippen LogP contribution in [0.15, 0.2) is 29.1 Å². The monoisotopic (exact) mass is 489 g/mol. The van der Waals surface area contributed by atoms with Crippen molar-refractivity contribution in [3.05, 3.63) is 62.3 Å². The van der Waals surface area contributed by atoms with Gasteiger partial charge in [0.2, 0.25) is 5.91 Å². The Balaban J connectivity index is 1.46. The van der Waals surface area contributed by atoms with E-state index in [1.165, 1.54) is 35.2 Å². The number of nitrogens with zero attached hydrogens (tertiary/aromatic N) is 2. The molecule has 2 unspecified atom stereocenters. The molecular formula is C24H28FN3O3S2. The van der Waals surface area contributed by atoms with Crippen LogP contribution in [0, 0.1) is 19.7 Å². The van der Waals surface area contributed by atoms with E-state index in [1.807, 2.05) is 26.8 Å². The number of hydrogen-bond acceptors (Lipinski definition) is 6. The van der Waals surface area contributed by atoms with Crippen LogP contribution < -0.4 is 5.56 Å². The fourth-order valence-corrected chi connectivity index (χ4v) is 5.91. The van der Waals surface area contributed by atoms with Crippen molar-refractivity contribution in [2.75, 3.05) is 13.2 Å². The topological polar surface area (TPSA) is 75.3 Å². The normalized spacial score (nSPS) is 16.9. The van der Waals surface area contributed by atoms with Crippen molar-refractivity contribution >= 4 is 39.2 Å². The zero-order chi connectivity index (χ0) is 23.5. The summed E-state index contributed by atoms with van der Waals surface area (Å²) in [5, 5.41) is 0.293. The summed E-state index contributed by atoms with van der Waals surface area (Å²) in [6.07, 6.45) is 1.91. The van der Waals surface area contributed by atoms with E-state index in [9.17, 15) is 14.0 Å². The van der Waals surface area contributed by atoms with Gasteiger partial charge >= 0.3 is 0 Å². The minimum atomic E-state index is -0.354. The SMILES string of the molecule is Cc1sc2nc(CSC(C)C(=O)N(Cc3cccc(F)c3)CC3CCCO3)[nH]c(=O)c2c1C. The van der Waals surface area contributed by atoms with Crippen LogP contribution in [-0.2, 0) is 21.8 Å². The van der Waals surface area contributed by atoms with Gasteiger partial charge in [-0.2, -0.15) is 0 Å². The maximum Gasteiger partial charge on any atom is 0.259 e. The molecule has 1 fully saturated rings. The third kappa shape index (κ3) is 5.65. The molecule has 6 nitrogen and oxygen atoms in total. The van der Waals surface area contributed by atoms with E-state index in [0.717, 1.165) is 33.7 Å². The van der Waals surface area contributed by atoms with Gasteiger partial charge < -0.3 is 14.6 Å². The molecule has 3 heterocycles. The highest BCUT2D eigenvalue weighted by Crippen LogP contribution is 2.27. The molecule has 0 bridgehead atoms. The summed E-state index contributed by atoms with van der Waals surface area (Å²) >= 11 is 2.94. The largest absolute Gasteiger partial charge is 0.376 e. The molecule has 1 saturated heterocycles. The molecule has 1 amide bonds. The molecule has 1 aliphatic heterocycles. The second-order valence-electron chi connectivity index (χ2n) is 8.41. The van der Waals surface area contributed by atoms with Crippen LogP contribution in [0.2, 0.25) is 0 Å². The predicted octanol–water partition coefficient (Wildman–Crippen LogP) is 4.57. The van der Waals surface area contributed by atoms with Gasteiger partial charge in [-0.3, -0.25) is 9.59 Å². The lowest BCUT2D eigenvalue weighted by Gasteiger charge is -2.28. The number of fused-ring (bicyclic) bond motifs is 1. The number of nitrogens with one attached hydrogen (secondary N) is 1. The van der Waals surface area contributed by atoms with Gasteiger partial charge in [-0.25, -0.2) is 9.37 Å². The van der Waals surface area contributed by atoms with Crippen LogP contribution in [0.4, 0.5) is 4.39 Å². The fourth-order valence-electron chi connectivity index (χ4n) is 4.02. The average Bonchev–Trinajstić information content (AvgIpc) is 3.39. The Morgan fingerprint density at radius 3 is 2.97 bits per heavy atom. The summed E-state index contributed by atoms with van der Waals surface area (Å²) < 4.78 is 19.4. The van der Waals surface area contributed by atoms with Gasteiger partial charge in [0.1, 0.15) is 16.5 Å². The smallest absolute Gasteiger partial charge is 0.259 e. The fraction of sp³-hybridized carbons (Fsp3) is 0.458.